The molecule has 19 heavy (non-hydrogen) atoms. The van der Waals surface area contributed by atoms with Crippen LogP contribution in [0.3, 0.4) is 0 Å². The minimum atomic E-state index is 0.0437. The molecule has 2 heterocycles. The quantitative estimate of drug-likeness (QED) is 0.379. The van der Waals surface area contributed by atoms with Crippen LogP contribution in [0, 0.1) is 0 Å². The number of oxime groups is 1. The van der Waals surface area contributed by atoms with Crippen molar-refractivity contribution in [2.24, 2.45) is 10.9 Å². The van der Waals surface area contributed by atoms with Gasteiger partial charge in [-0.3, -0.25) is 4.98 Å². The summed E-state index contributed by atoms with van der Waals surface area (Å²) >= 11 is 2.84. The third-order valence-corrected chi connectivity index (χ3v) is 4.33. The Morgan fingerprint density at radius 3 is 2.89 bits per heavy atom. The average molecular weight is 296 g/mol. The highest BCUT2D eigenvalue weighted by atomic mass is 32.2. The zero-order chi connectivity index (χ0) is 13.8. The van der Waals surface area contributed by atoms with E-state index in [-0.39, 0.29) is 5.84 Å². The Morgan fingerprint density at radius 2 is 2.26 bits per heavy atom. The SMILES string of the molecule is CN(C)c1nnc(Sc2cnccc2/C(N)=N/O)s1. The van der Waals surface area contributed by atoms with Gasteiger partial charge in [-0.05, 0) is 6.07 Å². The monoisotopic (exact) mass is 296 g/mol. The van der Waals surface area contributed by atoms with E-state index >= 15 is 0 Å². The van der Waals surface area contributed by atoms with Crippen molar-refractivity contribution in [2.75, 3.05) is 19.0 Å². The first-order valence-electron chi connectivity index (χ1n) is 5.22. The van der Waals surface area contributed by atoms with E-state index in [0.717, 1.165) is 14.4 Å². The third-order valence-electron chi connectivity index (χ3n) is 2.14. The van der Waals surface area contributed by atoms with Crippen molar-refractivity contribution in [2.45, 2.75) is 9.24 Å². The van der Waals surface area contributed by atoms with Gasteiger partial charge in [-0.2, -0.15) is 0 Å². The van der Waals surface area contributed by atoms with E-state index in [1.54, 1.807) is 18.5 Å². The number of hydrogen-bond acceptors (Lipinski definition) is 8. The fourth-order valence-corrected chi connectivity index (χ4v) is 3.07. The molecule has 0 saturated carbocycles. The molecular weight excluding hydrogens is 284 g/mol. The minimum absolute atomic E-state index is 0.0437. The van der Waals surface area contributed by atoms with E-state index < -0.39 is 0 Å². The van der Waals surface area contributed by atoms with Gasteiger partial charge in [0.15, 0.2) is 10.2 Å². The van der Waals surface area contributed by atoms with Crippen LogP contribution in [-0.4, -0.2) is 40.3 Å². The fraction of sp³-hybridized carbons (Fsp3) is 0.200. The predicted octanol–water partition coefficient (Wildman–Crippen LogP) is 1.24. The maximum absolute atomic E-state index is 8.76. The topological polar surface area (TPSA) is 101 Å². The van der Waals surface area contributed by atoms with E-state index in [0.29, 0.717) is 5.56 Å². The van der Waals surface area contributed by atoms with Crippen LogP contribution in [0.5, 0.6) is 0 Å². The third kappa shape index (κ3) is 3.12. The first-order chi connectivity index (χ1) is 9.11. The van der Waals surface area contributed by atoms with Crippen molar-refractivity contribution in [1.82, 2.24) is 15.2 Å². The smallest absolute Gasteiger partial charge is 0.208 e. The highest BCUT2D eigenvalue weighted by Crippen LogP contribution is 2.33. The second-order valence-corrected chi connectivity index (χ2v) is 5.95. The first-order valence-corrected chi connectivity index (χ1v) is 6.85. The molecule has 0 amide bonds. The van der Waals surface area contributed by atoms with Gasteiger partial charge >= 0.3 is 0 Å². The molecular formula is C10H12N6OS2. The summed E-state index contributed by atoms with van der Waals surface area (Å²) in [5, 5.41) is 20.7. The Balaban J connectivity index is 2.28. The van der Waals surface area contributed by atoms with Gasteiger partial charge in [-0.15, -0.1) is 10.2 Å². The molecule has 7 nitrogen and oxygen atoms in total. The molecule has 9 heteroatoms. The van der Waals surface area contributed by atoms with Crippen molar-refractivity contribution in [3.63, 3.8) is 0 Å². The van der Waals surface area contributed by atoms with Gasteiger partial charge in [0.1, 0.15) is 0 Å². The summed E-state index contributed by atoms with van der Waals surface area (Å²) in [4.78, 5) is 6.68. The van der Waals surface area contributed by atoms with Crippen molar-refractivity contribution in [1.29, 1.82) is 0 Å². The Kier molecular flexibility index (Phi) is 4.17. The average Bonchev–Trinajstić information content (AvgIpc) is 2.87. The van der Waals surface area contributed by atoms with Gasteiger partial charge in [-0.1, -0.05) is 28.3 Å². The molecule has 0 unspecified atom stereocenters. The fourth-order valence-electron chi connectivity index (χ4n) is 1.25. The summed E-state index contributed by atoms with van der Waals surface area (Å²) in [6, 6.07) is 1.69. The minimum Gasteiger partial charge on any atom is -0.409 e. The zero-order valence-corrected chi connectivity index (χ0v) is 11.9. The van der Waals surface area contributed by atoms with Crippen LogP contribution in [0.25, 0.3) is 0 Å². The lowest BCUT2D eigenvalue weighted by atomic mass is 10.2. The van der Waals surface area contributed by atoms with Crippen molar-refractivity contribution in [3.8, 4) is 0 Å². The molecule has 0 radical (unpaired) electrons. The van der Waals surface area contributed by atoms with Gasteiger partial charge in [0.2, 0.25) is 5.13 Å². The second kappa shape index (κ2) is 5.85. The molecule has 2 aromatic heterocycles. The van der Waals surface area contributed by atoms with E-state index in [4.69, 9.17) is 10.9 Å². The molecule has 2 aromatic rings. The zero-order valence-electron chi connectivity index (χ0n) is 10.3. The largest absolute Gasteiger partial charge is 0.409 e. The van der Waals surface area contributed by atoms with Gasteiger partial charge < -0.3 is 15.8 Å². The van der Waals surface area contributed by atoms with Crippen LogP contribution in [-0.2, 0) is 0 Å². The number of aromatic nitrogens is 3. The number of pyridine rings is 1. The Hall–Kier alpha value is -1.87. The molecule has 0 atom stereocenters. The molecule has 0 aliphatic carbocycles. The number of amidine groups is 1. The van der Waals surface area contributed by atoms with Gasteiger partial charge in [-0.25, -0.2) is 0 Å². The van der Waals surface area contributed by atoms with Crippen molar-refractivity contribution in [3.05, 3.63) is 24.0 Å². The lowest BCUT2D eigenvalue weighted by molar-refractivity contribution is 0.318. The van der Waals surface area contributed by atoms with Gasteiger partial charge in [0.25, 0.3) is 0 Å². The molecule has 0 aliphatic rings. The van der Waals surface area contributed by atoms with Crippen LogP contribution in [0.1, 0.15) is 5.56 Å². The summed E-state index contributed by atoms with van der Waals surface area (Å²) in [5.41, 5.74) is 6.24. The summed E-state index contributed by atoms with van der Waals surface area (Å²) in [7, 11) is 3.81. The van der Waals surface area contributed by atoms with Gasteiger partial charge in [0, 0.05) is 36.9 Å². The number of hydrogen-bond donors (Lipinski definition) is 2. The molecule has 0 aromatic carbocycles. The highest BCUT2D eigenvalue weighted by molar-refractivity contribution is 8.01. The summed E-state index contributed by atoms with van der Waals surface area (Å²) in [6.07, 6.45) is 3.23. The molecule has 3 N–H and O–H groups in total. The van der Waals surface area contributed by atoms with E-state index in [2.05, 4.69) is 20.3 Å². The van der Waals surface area contributed by atoms with E-state index in [1.165, 1.54) is 23.1 Å². The lowest BCUT2D eigenvalue weighted by Crippen LogP contribution is -2.14. The number of nitrogens with zero attached hydrogens (tertiary/aromatic N) is 5. The number of rotatable bonds is 4. The van der Waals surface area contributed by atoms with E-state index in [1.807, 2.05) is 19.0 Å². The maximum atomic E-state index is 8.76. The van der Waals surface area contributed by atoms with Crippen molar-refractivity contribution >= 4 is 34.1 Å². The summed E-state index contributed by atoms with van der Waals surface area (Å²) in [5.74, 6) is 0.0437. The normalized spacial score (nSPS) is 11.6. The van der Waals surface area contributed by atoms with Crippen molar-refractivity contribution < 1.29 is 5.21 Å². The lowest BCUT2D eigenvalue weighted by Gasteiger charge is -2.05. The standard InChI is InChI=1S/C10H12N6OS2/c1-16(2)9-13-14-10(19-9)18-7-5-12-4-3-6(7)8(11)15-17/h3-5,17H,1-2H3,(H2,11,15). The highest BCUT2D eigenvalue weighted by Gasteiger charge is 2.12. The molecule has 0 fully saturated rings. The van der Waals surface area contributed by atoms with Gasteiger partial charge in [0.05, 0.1) is 0 Å². The van der Waals surface area contributed by atoms with Crippen LogP contribution in [0.2, 0.25) is 0 Å². The molecule has 0 aliphatic heterocycles. The number of anilines is 1. The first kappa shape index (κ1) is 13.6. The molecule has 0 spiro atoms. The Morgan fingerprint density at radius 1 is 1.47 bits per heavy atom. The Labute approximate surface area is 118 Å². The second-order valence-electron chi connectivity index (χ2n) is 3.70. The van der Waals surface area contributed by atoms with Crippen LogP contribution in [0.4, 0.5) is 5.13 Å². The molecule has 0 saturated heterocycles. The summed E-state index contributed by atoms with van der Waals surface area (Å²) < 4.78 is 0.767. The summed E-state index contributed by atoms with van der Waals surface area (Å²) in [6.45, 7) is 0. The predicted molar refractivity (Wildman–Crippen MR) is 75.1 cm³/mol. The Bertz CT molecular complexity index is 597. The maximum Gasteiger partial charge on any atom is 0.208 e. The van der Waals surface area contributed by atoms with Crippen LogP contribution >= 0.6 is 23.1 Å². The molecule has 100 valence electrons. The number of nitrogens with two attached hydrogens (primary N) is 1. The van der Waals surface area contributed by atoms with E-state index in [9.17, 15) is 0 Å². The molecule has 2 rings (SSSR count). The molecule has 0 bridgehead atoms. The van der Waals surface area contributed by atoms with Crippen LogP contribution < -0.4 is 10.6 Å². The van der Waals surface area contributed by atoms with Crippen LogP contribution in [0.15, 0.2) is 32.9 Å².